The van der Waals surface area contributed by atoms with Crippen LogP contribution in [0.3, 0.4) is 0 Å². The standard InChI is InChI=1S/C14H17ClO.C14H17Cl/c1-10-5-7-14(8-6-10)13(16-14)11-3-2-4-12(15)9-11;1-11-5-7-12(8-6-11)9-13-3-2-4-14(15)10-13/h2-4,9-10,13H,5-8H2,1H3;2-4,9-11H,5-8H2,1H3. The number of hydrogen-bond donors (Lipinski definition) is 0. The zero-order valence-corrected chi connectivity index (χ0v) is 20.3. The van der Waals surface area contributed by atoms with E-state index in [-0.39, 0.29) is 5.60 Å². The van der Waals surface area contributed by atoms with Gasteiger partial charge in [0.15, 0.2) is 0 Å². The van der Waals surface area contributed by atoms with E-state index >= 15 is 0 Å². The molecule has 2 aromatic rings. The van der Waals surface area contributed by atoms with Crippen molar-refractivity contribution < 1.29 is 4.74 Å². The van der Waals surface area contributed by atoms with Gasteiger partial charge in [-0.1, -0.05) is 73.0 Å². The molecule has 2 saturated carbocycles. The van der Waals surface area contributed by atoms with Crippen LogP contribution in [0.15, 0.2) is 54.1 Å². The molecule has 0 aromatic heterocycles. The van der Waals surface area contributed by atoms with Gasteiger partial charge in [0.25, 0.3) is 0 Å². The molecule has 1 saturated heterocycles. The van der Waals surface area contributed by atoms with E-state index in [0.29, 0.717) is 6.10 Å². The smallest absolute Gasteiger partial charge is 0.112 e. The topological polar surface area (TPSA) is 12.5 Å². The summed E-state index contributed by atoms with van der Waals surface area (Å²) >= 11 is 12.0. The molecule has 1 unspecified atom stereocenters. The van der Waals surface area contributed by atoms with Gasteiger partial charge in [-0.15, -0.1) is 0 Å². The largest absolute Gasteiger partial charge is 0.361 e. The maximum absolute atomic E-state index is 6.01. The van der Waals surface area contributed by atoms with Crippen molar-refractivity contribution in [3.05, 3.63) is 75.3 Å². The van der Waals surface area contributed by atoms with Crippen molar-refractivity contribution in [1.29, 1.82) is 0 Å². The predicted octanol–water partition coefficient (Wildman–Crippen LogP) is 9.29. The molecule has 3 fully saturated rings. The summed E-state index contributed by atoms with van der Waals surface area (Å²) in [4.78, 5) is 0. The number of rotatable bonds is 2. The molecule has 0 bridgehead atoms. The average Bonchev–Trinajstić information content (AvgIpc) is 3.46. The Kier molecular flexibility index (Phi) is 7.47. The van der Waals surface area contributed by atoms with Crippen molar-refractivity contribution in [1.82, 2.24) is 0 Å². The Morgan fingerprint density at radius 3 is 2.10 bits per heavy atom. The summed E-state index contributed by atoms with van der Waals surface area (Å²) < 4.78 is 5.98. The summed E-state index contributed by atoms with van der Waals surface area (Å²) in [6, 6.07) is 16.2. The molecule has 3 aliphatic rings. The molecule has 31 heavy (non-hydrogen) atoms. The lowest BCUT2D eigenvalue weighted by Gasteiger charge is -2.23. The van der Waals surface area contributed by atoms with E-state index in [1.165, 1.54) is 62.5 Å². The number of hydrogen-bond acceptors (Lipinski definition) is 1. The molecule has 1 atom stereocenters. The molecular weight excluding hydrogens is 423 g/mol. The van der Waals surface area contributed by atoms with Crippen LogP contribution in [0, 0.1) is 11.8 Å². The van der Waals surface area contributed by atoms with E-state index in [9.17, 15) is 0 Å². The first-order valence-electron chi connectivity index (χ1n) is 11.8. The monoisotopic (exact) mass is 456 g/mol. The van der Waals surface area contributed by atoms with E-state index in [0.717, 1.165) is 21.9 Å². The lowest BCUT2D eigenvalue weighted by Crippen LogP contribution is -2.20. The fourth-order valence-corrected chi connectivity index (χ4v) is 5.38. The molecule has 3 heteroatoms. The average molecular weight is 457 g/mol. The first-order valence-corrected chi connectivity index (χ1v) is 12.6. The van der Waals surface area contributed by atoms with E-state index < -0.39 is 0 Å². The fraction of sp³-hybridized carbons (Fsp3) is 0.500. The summed E-state index contributed by atoms with van der Waals surface area (Å²) in [5.41, 5.74) is 4.24. The molecule has 2 aliphatic carbocycles. The second kappa shape index (κ2) is 10.1. The molecule has 1 nitrogen and oxygen atoms in total. The zero-order valence-electron chi connectivity index (χ0n) is 18.7. The quantitative estimate of drug-likeness (QED) is 0.409. The van der Waals surface area contributed by atoms with Crippen molar-refractivity contribution in [2.45, 2.75) is 76.9 Å². The Morgan fingerprint density at radius 2 is 1.45 bits per heavy atom. The van der Waals surface area contributed by atoms with Gasteiger partial charge in [-0.05, 0) is 98.6 Å². The Bertz CT molecular complexity index is 901. The summed E-state index contributed by atoms with van der Waals surface area (Å²) in [5.74, 6) is 1.77. The van der Waals surface area contributed by atoms with Crippen LogP contribution >= 0.6 is 23.2 Å². The van der Waals surface area contributed by atoms with Crippen molar-refractivity contribution in [3.63, 3.8) is 0 Å². The van der Waals surface area contributed by atoms with Crippen LogP contribution in [-0.4, -0.2) is 5.60 Å². The van der Waals surface area contributed by atoms with Crippen LogP contribution < -0.4 is 0 Å². The van der Waals surface area contributed by atoms with E-state index in [2.05, 4.69) is 32.1 Å². The molecule has 166 valence electrons. The van der Waals surface area contributed by atoms with Crippen molar-refractivity contribution in [3.8, 4) is 0 Å². The summed E-state index contributed by atoms with van der Waals surface area (Å²) in [6.45, 7) is 4.68. The number of halogens is 2. The maximum Gasteiger partial charge on any atom is 0.112 e. The van der Waals surface area contributed by atoms with Crippen LogP contribution in [0.2, 0.25) is 10.0 Å². The minimum atomic E-state index is 0.164. The molecule has 0 radical (unpaired) electrons. The summed E-state index contributed by atoms with van der Waals surface area (Å²) in [7, 11) is 0. The molecular formula is C28H34Cl2O. The van der Waals surface area contributed by atoms with Crippen molar-refractivity contribution in [2.75, 3.05) is 0 Å². The van der Waals surface area contributed by atoms with Gasteiger partial charge in [0.05, 0.1) is 5.60 Å². The normalized spacial score (nSPS) is 29.8. The minimum absolute atomic E-state index is 0.164. The Labute approximate surface area is 197 Å². The SMILES string of the molecule is CC1CCC(=Cc2cccc(Cl)c2)CC1.CC1CCC2(CC1)OC2c1cccc(Cl)c1. The highest BCUT2D eigenvalue weighted by Crippen LogP contribution is 2.58. The Hall–Kier alpha value is -1.28. The third-order valence-corrected chi connectivity index (χ3v) is 7.65. The zero-order chi connectivity index (χ0) is 21.8. The molecule has 0 N–H and O–H groups in total. The molecule has 1 heterocycles. The minimum Gasteiger partial charge on any atom is -0.361 e. The van der Waals surface area contributed by atoms with E-state index in [1.54, 1.807) is 5.57 Å². The lowest BCUT2D eigenvalue weighted by molar-refractivity contribution is 0.204. The van der Waals surface area contributed by atoms with Crippen LogP contribution in [-0.2, 0) is 4.74 Å². The second-order valence-electron chi connectivity index (χ2n) is 9.84. The van der Waals surface area contributed by atoms with Gasteiger partial charge < -0.3 is 4.74 Å². The number of benzene rings is 2. The third-order valence-electron chi connectivity index (χ3n) is 7.18. The van der Waals surface area contributed by atoms with Crippen LogP contribution in [0.5, 0.6) is 0 Å². The third kappa shape index (κ3) is 6.15. The second-order valence-corrected chi connectivity index (χ2v) is 10.7. The van der Waals surface area contributed by atoms with Gasteiger partial charge in [-0.2, -0.15) is 0 Å². The highest BCUT2D eigenvalue weighted by molar-refractivity contribution is 6.31. The Morgan fingerprint density at radius 1 is 0.839 bits per heavy atom. The molecule has 2 aromatic carbocycles. The van der Waals surface area contributed by atoms with Crippen LogP contribution in [0.4, 0.5) is 0 Å². The lowest BCUT2D eigenvalue weighted by atomic mass is 9.80. The first-order chi connectivity index (χ1) is 14.9. The number of ether oxygens (including phenoxy) is 1. The van der Waals surface area contributed by atoms with E-state index in [1.807, 2.05) is 36.4 Å². The molecule has 1 aliphatic heterocycles. The Balaban J connectivity index is 0.000000150. The fourth-order valence-electron chi connectivity index (χ4n) is 4.98. The molecule has 1 spiro atoms. The summed E-state index contributed by atoms with van der Waals surface area (Å²) in [6.07, 6.45) is 12.8. The van der Waals surface area contributed by atoms with Crippen LogP contribution in [0.25, 0.3) is 6.08 Å². The van der Waals surface area contributed by atoms with Gasteiger partial charge >= 0.3 is 0 Å². The van der Waals surface area contributed by atoms with Gasteiger partial charge in [-0.3, -0.25) is 0 Å². The highest BCUT2D eigenvalue weighted by Gasteiger charge is 2.57. The molecule has 0 amide bonds. The molecule has 5 rings (SSSR count). The highest BCUT2D eigenvalue weighted by atomic mass is 35.5. The maximum atomic E-state index is 6.01. The van der Waals surface area contributed by atoms with Gasteiger partial charge in [0.1, 0.15) is 6.10 Å². The summed E-state index contributed by atoms with van der Waals surface area (Å²) in [5, 5.41) is 1.64. The van der Waals surface area contributed by atoms with E-state index in [4.69, 9.17) is 27.9 Å². The number of epoxide rings is 1. The van der Waals surface area contributed by atoms with Crippen LogP contribution in [0.1, 0.15) is 82.4 Å². The predicted molar refractivity (Wildman–Crippen MR) is 133 cm³/mol. The van der Waals surface area contributed by atoms with Gasteiger partial charge in [0.2, 0.25) is 0 Å². The van der Waals surface area contributed by atoms with Gasteiger partial charge in [0, 0.05) is 10.0 Å². The van der Waals surface area contributed by atoms with Crippen molar-refractivity contribution in [2.24, 2.45) is 11.8 Å². The van der Waals surface area contributed by atoms with Gasteiger partial charge in [-0.25, -0.2) is 0 Å². The first kappa shape index (κ1) is 22.9. The number of allylic oxidation sites excluding steroid dienone is 1. The van der Waals surface area contributed by atoms with Crippen molar-refractivity contribution >= 4 is 29.3 Å².